The minimum atomic E-state index is -0.413. The van der Waals surface area contributed by atoms with Crippen LogP contribution in [0.2, 0.25) is 0 Å². The number of aromatic nitrogens is 1. The number of ether oxygens (including phenoxy) is 2. The molecule has 0 spiro atoms. The van der Waals surface area contributed by atoms with E-state index < -0.39 is 12.1 Å². The third kappa shape index (κ3) is 5.22. The summed E-state index contributed by atoms with van der Waals surface area (Å²) in [4.78, 5) is 29.9. The van der Waals surface area contributed by atoms with Crippen molar-refractivity contribution in [2.24, 2.45) is 13.0 Å². The van der Waals surface area contributed by atoms with Crippen molar-refractivity contribution in [2.45, 2.75) is 39.5 Å². The van der Waals surface area contributed by atoms with E-state index in [9.17, 15) is 14.7 Å². The third-order valence-electron chi connectivity index (χ3n) is 7.26. The van der Waals surface area contributed by atoms with E-state index in [4.69, 9.17) is 9.47 Å². The van der Waals surface area contributed by atoms with Gasteiger partial charge in [-0.05, 0) is 31.0 Å². The predicted octanol–water partition coefficient (Wildman–Crippen LogP) is 4.29. The molecule has 1 aromatic heterocycles. The summed E-state index contributed by atoms with van der Waals surface area (Å²) in [6.07, 6.45) is -0.773. The van der Waals surface area contributed by atoms with Gasteiger partial charge in [0.05, 0.1) is 38.5 Å². The lowest BCUT2D eigenvalue weighted by atomic mass is 9.96. The first kappa shape index (κ1) is 26.7. The molecule has 0 saturated heterocycles. The summed E-state index contributed by atoms with van der Waals surface area (Å²) in [5, 5.41) is 11.1. The Balaban J connectivity index is 1.87. The number of para-hydroxylation sites is 1. The lowest BCUT2D eigenvalue weighted by Gasteiger charge is -2.34. The summed E-state index contributed by atoms with van der Waals surface area (Å²) < 4.78 is 13.6. The molecule has 8 nitrogen and oxygen atoms in total. The normalized spacial score (nSPS) is 19.1. The molecule has 1 aliphatic rings. The van der Waals surface area contributed by atoms with Crippen molar-refractivity contribution in [1.29, 1.82) is 0 Å². The molecule has 3 aromatic rings. The second kappa shape index (κ2) is 11.4. The minimum Gasteiger partial charge on any atom is -0.450 e. The Morgan fingerprint density at radius 2 is 1.92 bits per heavy atom. The number of likely N-dealkylation sites (N-methyl/N-ethyl adjacent to an activating group) is 1. The maximum absolute atomic E-state index is 14.3. The molecule has 8 heteroatoms. The second-order valence-electron chi connectivity index (χ2n) is 9.85. The molecule has 3 atom stereocenters. The first-order chi connectivity index (χ1) is 17.8. The summed E-state index contributed by atoms with van der Waals surface area (Å²) >= 11 is 0. The van der Waals surface area contributed by atoms with Crippen LogP contribution in [0.3, 0.4) is 0 Å². The van der Waals surface area contributed by atoms with Crippen molar-refractivity contribution in [1.82, 2.24) is 14.4 Å². The summed E-state index contributed by atoms with van der Waals surface area (Å²) in [5.74, 6) is -0.269. The standard InChI is InChI=1S/C29H37N3O5/c1-6-36-29(35)30(4)16-25-19(2)15-32(20(3)17-33)28(34)27-26(22-12-8-7-11-21(22)18-37-25)23-13-9-10-14-24(23)31(27)5/h7-14,19-20,25,33H,6,15-18H2,1-5H3/t19-,20-,25+/m1/s1. The largest absolute Gasteiger partial charge is 0.450 e. The molecule has 0 radical (unpaired) electrons. The van der Waals surface area contributed by atoms with Gasteiger partial charge in [0, 0.05) is 43.0 Å². The molecule has 0 aliphatic carbocycles. The zero-order chi connectivity index (χ0) is 26.7. The number of amides is 2. The Bertz CT molecular complexity index is 1270. The van der Waals surface area contributed by atoms with Gasteiger partial charge in [-0.2, -0.15) is 0 Å². The Labute approximate surface area is 218 Å². The van der Waals surface area contributed by atoms with Crippen LogP contribution >= 0.6 is 0 Å². The molecule has 1 aliphatic heterocycles. The molecule has 2 heterocycles. The number of benzene rings is 2. The maximum atomic E-state index is 14.3. The van der Waals surface area contributed by atoms with E-state index >= 15 is 0 Å². The average molecular weight is 508 g/mol. The van der Waals surface area contributed by atoms with Crippen LogP contribution in [0.5, 0.6) is 0 Å². The van der Waals surface area contributed by atoms with Crippen LogP contribution in [0.1, 0.15) is 36.8 Å². The number of carbonyl (C=O) groups is 2. The van der Waals surface area contributed by atoms with Crippen LogP contribution in [-0.2, 0) is 23.1 Å². The SMILES string of the molecule is CCOC(=O)N(C)C[C@@H]1OCc2ccccc2-c2c(n(C)c3ccccc23)C(=O)N([C@H](C)CO)C[C@H]1C. The molecule has 37 heavy (non-hydrogen) atoms. The van der Waals surface area contributed by atoms with Gasteiger partial charge in [-0.1, -0.05) is 49.4 Å². The van der Waals surface area contributed by atoms with E-state index in [-0.39, 0.29) is 24.5 Å². The van der Waals surface area contributed by atoms with Crippen molar-refractivity contribution in [3.05, 3.63) is 59.8 Å². The van der Waals surface area contributed by atoms with Gasteiger partial charge >= 0.3 is 6.09 Å². The highest BCUT2D eigenvalue weighted by Crippen LogP contribution is 2.38. The first-order valence-corrected chi connectivity index (χ1v) is 12.8. The van der Waals surface area contributed by atoms with Gasteiger partial charge in [0.15, 0.2) is 0 Å². The van der Waals surface area contributed by atoms with E-state index in [1.807, 2.05) is 74.0 Å². The van der Waals surface area contributed by atoms with Gasteiger partial charge in [-0.3, -0.25) is 4.79 Å². The Hall–Kier alpha value is -3.36. The number of aliphatic hydroxyl groups is 1. The summed E-state index contributed by atoms with van der Waals surface area (Å²) in [5.41, 5.74) is 4.32. The smallest absolute Gasteiger partial charge is 0.409 e. The molecule has 0 unspecified atom stereocenters. The fourth-order valence-electron chi connectivity index (χ4n) is 5.10. The van der Waals surface area contributed by atoms with Crippen molar-refractivity contribution in [3.63, 3.8) is 0 Å². The number of carbonyl (C=O) groups excluding carboxylic acids is 2. The highest BCUT2D eigenvalue weighted by Gasteiger charge is 2.34. The van der Waals surface area contributed by atoms with Gasteiger partial charge in [0.25, 0.3) is 5.91 Å². The fraction of sp³-hybridized carbons (Fsp3) is 0.448. The number of rotatable bonds is 5. The maximum Gasteiger partial charge on any atom is 0.409 e. The molecular weight excluding hydrogens is 470 g/mol. The third-order valence-corrected chi connectivity index (χ3v) is 7.26. The van der Waals surface area contributed by atoms with E-state index in [2.05, 4.69) is 0 Å². The van der Waals surface area contributed by atoms with Gasteiger partial charge < -0.3 is 28.9 Å². The molecule has 0 saturated carbocycles. The van der Waals surface area contributed by atoms with Crippen LogP contribution in [-0.4, -0.2) is 77.0 Å². The van der Waals surface area contributed by atoms with E-state index in [0.717, 1.165) is 27.6 Å². The van der Waals surface area contributed by atoms with E-state index in [1.54, 1.807) is 18.9 Å². The summed E-state index contributed by atoms with van der Waals surface area (Å²) in [7, 11) is 3.61. The fourth-order valence-corrected chi connectivity index (χ4v) is 5.10. The number of aliphatic hydroxyl groups excluding tert-OH is 1. The lowest BCUT2D eigenvalue weighted by Crippen LogP contribution is -2.48. The average Bonchev–Trinajstić information content (AvgIpc) is 3.20. The molecular formula is C29H37N3O5. The molecule has 2 aromatic carbocycles. The van der Waals surface area contributed by atoms with Crippen molar-refractivity contribution in [2.75, 3.05) is 33.4 Å². The van der Waals surface area contributed by atoms with Crippen LogP contribution in [0.15, 0.2) is 48.5 Å². The molecule has 198 valence electrons. The first-order valence-electron chi connectivity index (χ1n) is 12.8. The predicted molar refractivity (Wildman–Crippen MR) is 143 cm³/mol. The molecule has 0 bridgehead atoms. The van der Waals surface area contributed by atoms with Crippen molar-refractivity contribution in [3.8, 4) is 11.1 Å². The van der Waals surface area contributed by atoms with Gasteiger partial charge in [0.1, 0.15) is 5.69 Å². The van der Waals surface area contributed by atoms with Crippen LogP contribution in [0, 0.1) is 5.92 Å². The van der Waals surface area contributed by atoms with Crippen LogP contribution < -0.4 is 0 Å². The topological polar surface area (TPSA) is 84.2 Å². The molecule has 1 N–H and O–H groups in total. The number of hydrogen-bond donors (Lipinski definition) is 1. The summed E-state index contributed by atoms with van der Waals surface area (Å²) in [6, 6.07) is 15.6. The number of aryl methyl sites for hydroxylation is 1. The van der Waals surface area contributed by atoms with Gasteiger partial charge in [-0.15, -0.1) is 0 Å². The molecule has 2 amide bonds. The number of hydrogen-bond acceptors (Lipinski definition) is 5. The van der Waals surface area contributed by atoms with Crippen LogP contribution in [0.4, 0.5) is 4.79 Å². The lowest BCUT2D eigenvalue weighted by molar-refractivity contribution is -0.0228. The van der Waals surface area contributed by atoms with Crippen molar-refractivity contribution >= 4 is 22.9 Å². The van der Waals surface area contributed by atoms with E-state index in [0.29, 0.717) is 32.0 Å². The minimum absolute atomic E-state index is 0.127. The van der Waals surface area contributed by atoms with Gasteiger partial charge in [0.2, 0.25) is 0 Å². The Morgan fingerprint density at radius 3 is 2.65 bits per heavy atom. The molecule has 4 rings (SSSR count). The summed E-state index contributed by atoms with van der Waals surface area (Å²) in [6.45, 7) is 6.76. The quantitative estimate of drug-likeness (QED) is 0.557. The Kier molecular flexibility index (Phi) is 8.19. The van der Waals surface area contributed by atoms with Crippen LogP contribution in [0.25, 0.3) is 22.0 Å². The second-order valence-corrected chi connectivity index (χ2v) is 9.85. The monoisotopic (exact) mass is 507 g/mol. The highest BCUT2D eigenvalue weighted by molar-refractivity contribution is 6.10. The van der Waals surface area contributed by atoms with Crippen molar-refractivity contribution < 1.29 is 24.2 Å². The zero-order valence-electron chi connectivity index (χ0n) is 22.3. The molecule has 0 fully saturated rings. The van der Waals surface area contributed by atoms with E-state index in [1.165, 1.54) is 4.90 Å². The zero-order valence-corrected chi connectivity index (χ0v) is 22.3. The van der Waals surface area contributed by atoms with Gasteiger partial charge in [-0.25, -0.2) is 4.79 Å². The number of nitrogens with zero attached hydrogens (tertiary/aromatic N) is 3. The highest BCUT2D eigenvalue weighted by atomic mass is 16.6. The Morgan fingerprint density at radius 1 is 1.22 bits per heavy atom. The number of fused-ring (bicyclic) bond motifs is 5.